The van der Waals surface area contributed by atoms with E-state index in [9.17, 15) is 14.9 Å². The summed E-state index contributed by atoms with van der Waals surface area (Å²) in [5.41, 5.74) is 0.912. The maximum atomic E-state index is 13.0. The lowest BCUT2D eigenvalue weighted by Gasteiger charge is -2.33. The number of hydrogen-bond acceptors (Lipinski definition) is 6. The fraction of sp³-hybridized carbons (Fsp3) is 0.471. The van der Waals surface area contributed by atoms with Crippen molar-refractivity contribution in [1.29, 1.82) is 0 Å². The molecule has 1 aliphatic rings. The third-order valence-corrected chi connectivity index (χ3v) is 4.54. The van der Waals surface area contributed by atoms with Crippen LogP contribution in [0.2, 0.25) is 0 Å². The van der Waals surface area contributed by atoms with E-state index in [0.717, 1.165) is 19.3 Å². The molecule has 2 aromatic rings. The Hall–Kier alpha value is -2.77. The number of carbonyl (C=O) groups excluding carboxylic acids is 1. The summed E-state index contributed by atoms with van der Waals surface area (Å²) < 4.78 is 4.81. The molecule has 2 heterocycles. The number of amides is 1. The van der Waals surface area contributed by atoms with Crippen molar-refractivity contribution in [1.82, 2.24) is 15.0 Å². The van der Waals surface area contributed by atoms with Gasteiger partial charge in [-0.05, 0) is 31.2 Å². The van der Waals surface area contributed by atoms with Gasteiger partial charge in [0.25, 0.3) is 11.6 Å². The van der Waals surface area contributed by atoms with Crippen molar-refractivity contribution in [3.63, 3.8) is 0 Å². The van der Waals surface area contributed by atoms with Gasteiger partial charge < -0.3 is 9.42 Å². The minimum Gasteiger partial charge on any atom is -0.343 e. The molecule has 132 valence electrons. The topological polar surface area (TPSA) is 102 Å². The van der Waals surface area contributed by atoms with E-state index in [1.807, 2.05) is 13.8 Å². The number of aromatic nitrogens is 2. The SMILES string of the molecule is CC(C)c1ccc(C(=O)N2CCCC[C@H]2c2ncon2)cc1[N+](=O)[O-]. The lowest BCUT2D eigenvalue weighted by molar-refractivity contribution is -0.385. The van der Waals surface area contributed by atoms with Gasteiger partial charge in [-0.1, -0.05) is 25.1 Å². The molecule has 0 unspecified atom stereocenters. The first-order valence-corrected chi connectivity index (χ1v) is 8.34. The molecule has 1 aromatic heterocycles. The highest BCUT2D eigenvalue weighted by Gasteiger charge is 2.32. The zero-order valence-electron chi connectivity index (χ0n) is 14.2. The predicted octanol–water partition coefficient (Wildman–Crippen LogP) is 3.47. The van der Waals surface area contributed by atoms with Gasteiger partial charge in [-0.15, -0.1) is 0 Å². The highest BCUT2D eigenvalue weighted by atomic mass is 16.6. The van der Waals surface area contributed by atoms with Crippen molar-refractivity contribution in [2.24, 2.45) is 0 Å². The molecule has 0 saturated carbocycles. The number of likely N-dealkylation sites (tertiary alicyclic amines) is 1. The third-order valence-electron chi connectivity index (χ3n) is 4.54. The molecule has 1 aromatic carbocycles. The molecular formula is C17H20N4O4. The minimum atomic E-state index is -0.432. The highest BCUT2D eigenvalue weighted by Crippen LogP contribution is 2.32. The Bertz CT molecular complexity index is 773. The molecule has 0 bridgehead atoms. The molecule has 1 aliphatic heterocycles. The van der Waals surface area contributed by atoms with Gasteiger partial charge in [0.15, 0.2) is 5.82 Å². The van der Waals surface area contributed by atoms with E-state index in [2.05, 4.69) is 10.1 Å². The number of nitro groups is 1. The summed E-state index contributed by atoms with van der Waals surface area (Å²) in [6.07, 6.45) is 3.84. The van der Waals surface area contributed by atoms with Gasteiger partial charge in [-0.2, -0.15) is 4.98 Å². The molecular weight excluding hydrogens is 324 g/mol. The van der Waals surface area contributed by atoms with Crippen LogP contribution in [0.25, 0.3) is 0 Å². The van der Waals surface area contributed by atoms with E-state index in [-0.39, 0.29) is 23.6 Å². The predicted molar refractivity (Wildman–Crippen MR) is 89.1 cm³/mol. The fourth-order valence-corrected chi connectivity index (χ4v) is 3.26. The summed E-state index contributed by atoms with van der Waals surface area (Å²) in [6, 6.07) is 4.44. The van der Waals surface area contributed by atoms with Crippen molar-refractivity contribution in [2.75, 3.05) is 6.54 Å². The Morgan fingerprint density at radius 2 is 2.20 bits per heavy atom. The summed E-state index contributed by atoms with van der Waals surface area (Å²) >= 11 is 0. The lowest BCUT2D eigenvalue weighted by atomic mass is 9.97. The molecule has 3 rings (SSSR count). The molecule has 1 saturated heterocycles. The van der Waals surface area contributed by atoms with Gasteiger partial charge in [0.2, 0.25) is 6.39 Å². The van der Waals surface area contributed by atoms with Crippen LogP contribution in [0.3, 0.4) is 0 Å². The van der Waals surface area contributed by atoms with Gasteiger partial charge in [0.1, 0.15) is 0 Å². The quantitative estimate of drug-likeness (QED) is 0.621. The molecule has 25 heavy (non-hydrogen) atoms. The second-order valence-corrected chi connectivity index (χ2v) is 6.48. The van der Waals surface area contributed by atoms with Gasteiger partial charge >= 0.3 is 0 Å². The maximum Gasteiger partial charge on any atom is 0.273 e. The van der Waals surface area contributed by atoms with E-state index < -0.39 is 4.92 Å². The van der Waals surface area contributed by atoms with E-state index in [1.54, 1.807) is 17.0 Å². The van der Waals surface area contributed by atoms with Gasteiger partial charge in [-0.25, -0.2) is 0 Å². The third kappa shape index (κ3) is 3.38. The molecule has 8 nitrogen and oxygen atoms in total. The summed E-state index contributed by atoms with van der Waals surface area (Å²) in [6.45, 7) is 4.35. The van der Waals surface area contributed by atoms with Crippen molar-refractivity contribution in [3.8, 4) is 0 Å². The molecule has 8 heteroatoms. The number of piperidine rings is 1. The normalized spacial score (nSPS) is 17.7. The summed E-state index contributed by atoms with van der Waals surface area (Å²) in [5.74, 6) is 0.237. The molecule has 1 amide bonds. The van der Waals surface area contributed by atoms with Crippen LogP contribution in [0.1, 0.15) is 66.8 Å². The number of benzene rings is 1. The van der Waals surface area contributed by atoms with E-state index in [4.69, 9.17) is 4.52 Å². The average molecular weight is 344 g/mol. The molecule has 1 atom stereocenters. The van der Waals surface area contributed by atoms with Crippen molar-refractivity contribution < 1.29 is 14.2 Å². The number of rotatable bonds is 4. The summed E-state index contributed by atoms with van der Waals surface area (Å²) in [7, 11) is 0. The first-order chi connectivity index (χ1) is 12.0. The highest BCUT2D eigenvalue weighted by molar-refractivity contribution is 5.95. The molecule has 0 N–H and O–H groups in total. The Balaban J connectivity index is 1.93. The number of hydrogen-bond donors (Lipinski definition) is 0. The van der Waals surface area contributed by atoms with Gasteiger partial charge in [-0.3, -0.25) is 14.9 Å². The minimum absolute atomic E-state index is 0.00613. The average Bonchev–Trinajstić information content (AvgIpc) is 3.15. The smallest absolute Gasteiger partial charge is 0.273 e. The number of carbonyl (C=O) groups is 1. The van der Waals surface area contributed by atoms with Crippen LogP contribution in [-0.4, -0.2) is 32.4 Å². The second kappa shape index (κ2) is 7.00. The zero-order valence-corrected chi connectivity index (χ0v) is 14.2. The summed E-state index contributed by atoms with van der Waals surface area (Å²) in [5, 5.41) is 15.2. The van der Waals surface area contributed by atoms with Crippen LogP contribution in [0, 0.1) is 10.1 Å². The van der Waals surface area contributed by atoms with E-state index in [0.29, 0.717) is 23.5 Å². The molecule has 0 aliphatic carbocycles. The fourth-order valence-electron chi connectivity index (χ4n) is 3.26. The lowest BCUT2D eigenvalue weighted by Crippen LogP contribution is -2.39. The molecule has 1 fully saturated rings. The van der Waals surface area contributed by atoms with Crippen LogP contribution < -0.4 is 0 Å². The Labute approximate surface area is 145 Å². The standard InChI is InChI=1S/C17H20N4O4/c1-11(2)13-7-6-12(9-15(13)21(23)24)17(22)20-8-4-3-5-14(20)16-18-10-25-19-16/h6-7,9-11,14H,3-5,8H2,1-2H3/t14-/m0/s1. The Kier molecular flexibility index (Phi) is 4.78. The van der Waals surface area contributed by atoms with Crippen molar-refractivity contribution in [2.45, 2.75) is 45.1 Å². The van der Waals surface area contributed by atoms with Crippen LogP contribution in [0.5, 0.6) is 0 Å². The largest absolute Gasteiger partial charge is 0.343 e. The van der Waals surface area contributed by atoms with Crippen molar-refractivity contribution in [3.05, 3.63) is 51.7 Å². The maximum absolute atomic E-state index is 13.0. The van der Waals surface area contributed by atoms with Crippen molar-refractivity contribution >= 4 is 11.6 Å². The van der Waals surface area contributed by atoms with Gasteiger partial charge in [0, 0.05) is 23.7 Å². The van der Waals surface area contributed by atoms with Crippen LogP contribution >= 0.6 is 0 Å². The zero-order chi connectivity index (χ0) is 18.0. The first-order valence-electron chi connectivity index (χ1n) is 8.34. The molecule has 0 radical (unpaired) electrons. The second-order valence-electron chi connectivity index (χ2n) is 6.48. The van der Waals surface area contributed by atoms with Crippen LogP contribution in [0.4, 0.5) is 5.69 Å². The molecule has 0 spiro atoms. The monoisotopic (exact) mass is 344 g/mol. The van der Waals surface area contributed by atoms with Crippen LogP contribution in [-0.2, 0) is 0 Å². The van der Waals surface area contributed by atoms with Crippen LogP contribution in [0.15, 0.2) is 29.1 Å². The van der Waals surface area contributed by atoms with E-state index >= 15 is 0 Å². The Morgan fingerprint density at radius 3 is 2.84 bits per heavy atom. The number of nitrogens with zero attached hydrogens (tertiary/aromatic N) is 4. The van der Waals surface area contributed by atoms with E-state index in [1.165, 1.54) is 12.5 Å². The Morgan fingerprint density at radius 1 is 1.40 bits per heavy atom. The van der Waals surface area contributed by atoms with Gasteiger partial charge in [0.05, 0.1) is 11.0 Å². The summed E-state index contributed by atoms with van der Waals surface area (Å²) in [4.78, 5) is 29.7. The number of nitro benzene ring substituents is 1. The first kappa shape index (κ1) is 17.1.